The van der Waals surface area contributed by atoms with Crippen LogP contribution >= 0.6 is 0 Å². The molecular formula is C22H22F3N3O3. The van der Waals surface area contributed by atoms with Crippen LogP contribution in [-0.4, -0.2) is 39.1 Å². The number of aliphatic hydroxyl groups excluding tert-OH is 1. The van der Waals surface area contributed by atoms with E-state index in [1.807, 2.05) is 18.2 Å². The molecule has 0 atom stereocenters. The summed E-state index contributed by atoms with van der Waals surface area (Å²) in [4.78, 5) is 16.8. The molecule has 1 heterocycles. The summed E-state index contributed by atoms with van der Waals surface area (Å²) in [6.07, 6.45) is -0.456. The molecule has 1 fully saturated rings. The van der Waals surface area contributed by atoms with Gasteiger partial charge in [0, 0.05) is 6.04 Å². The van der Waals surface area contributed by atoms with Crippen LogP contribution in [0.3, 0.4) is 0 Å². The number of amides is 1. The molecule has 1 aromatic heterocycles. The lowest BCUT2D eigenvalue weighted by atomic mass is 9.93. The standard InChI is InChI=1S/C22H22F3N3O3/c23-22(24,25)31-18-8-1-14(2-9-18)15-3-10-20-19(11-15)26-13-28(20)12-21(30)27-16-4-6-17(29)7-5-16/h1-3,8-11,13,16-17,29H,4-7,12H2,(H,27,30). The minimum Gasteiger partial charge on any atom is -0.406 e. The number of fused-ring (bicyclic) bond motifs is 1. The van der Waals surface area contributed by atoms with E-state index in [0.29, 0.717) is 18.4 Å². The van der Waals surface area contributed by atoms with E-state index in [-0.39, 0.29) is 30.3 Å². The van der Waals surface area contributed by atoms with Crippen LogP contribution in [-0.2, 0) is 11.3 Å². The van der Waals surface area contributed by atoms with Crippen molar-refractivity contribution in [1.82, 2.24) is 14.9 Å². The van der Waals surface area contributed by atoms with Crippen molar-refractivity contribution >= 4 is 16.9 Å². The number of halogens is 3. The predicted molar refractivity (Wildman–Crippen MR) is 108 cm³/mol. The van der Waals surface area contributed by atoms with Gasteiger partial charge in [-0.3, -0.25) is 4.79 Å². The molecule has 0 radical (unpaired) electrons. The summed E-state index contributed by atoms with van der Waals surface area (Å²) in [6, 6.07) is 11.2. The monoisotopic (exact) mass is 433 g/mol. The number of rotatable bonds is 5. The topological polar surface area (TPSA) is 76.4 Å². The van der Waals surface area contributed by atoms with Gasteiger partial charge in [0.2, 0.25) is 5.91 Å². The largest absolute Gasteiger partial charge is 0.573 e. The van der Waals surface area contributed by atoms with Gasteiger partial charge in [0.1, 0.15) is 12.3 Å². The highest BCUT2D eigenvalue weighted by Crippen LogP contribution is 2.28. The molecule has 3 aromatic rings. The summed E-state index contributed by atoms with van der Waals surface area (Å²) in [6.45, 7) is 0.137. The summed E-state index contributed by atoms with van der Waals surface area (Å²) < 4.78 is 42.6. The highest BCUT2D eigenvalue weighted by atomic mass is 19.4. The molecule has 2 aromatic carbocycles. The summed E-state index contributed by atoms with van der Waals surface area (Å²) in [5.41, 5.74) is 2.99. The number of carbonyl (C=O) groups excluding carboxylic acids is 1. The van der Waals surface area contributed by atoms with Gasteiger partial charge in [-0.05, 0) is 61.1 Å². The first-order valence-electron chi connectivity index (χ1n) is 10.1. The summed E-state index contributed by atoms with van der Waals surface area (Å²) in [5.74, 6) is -0.384. The number of hydrogen-bond acceptors (Lipinski definition) is 4. The van der Waals surface area contributed by atoms with Gasteiger partial charge >= 0.3 is 6.36 Å². The lowest BCUT2D eigenvalue weighted by Crippen LogP contribution is -2.40. The van der Waals surface area contributed by atoms with Gasteiger partial charge in [0.05, 0.1) is 23.5 Å². The fraction of sp³-hybridized carbons (Fsp3) is 0.364. The van der Waals surface area contributed by atoms with Crippen molar-refractivity contribution in [2.75, 3.05) is 0 Å². The third kappa shape index (κ3) is 5.35. The van der Waals surface area contributed by atoms with Crippen molar-refractivity contribution < 1.29 is 27.8 Å². The molecule has 9 heteroatoms. The number of benzene rings is 2. The van der Waals surface area contributed by atoms with E-state index in [0.717, 1.165) is 29.5 Å². The van der Waals surface area contributed by atoms with Crippen molar-refractivity contribution in [2.24, 2.45) is 0 Å². The van der Waals surface area contributed by atoms with E-state index < -0.39 is 6.36 Å². The van der Waals surface area contributed by atoms with Crippen LogP contribution in [0, 0.1) is 0 Å². The van der Waals surface area contributed by atoms with Gasteiger partial charge in [0.15, 0.2) is 0 Å². The van der Waals surface area contributed by atoms with E-state index in [4.69, 9.17) is 0 Å². The SMILES string of the molecule is O=C(Cn1cnc2cc(-c3ccc(OC(F)(F)F)cc3)ccc21)NC1CCC(O)CC1. The van der Waals surface area contributed by atoms with Crippen LogP contribution in [0.15, 0.2) is 48.8 Å². The van der Waals surface area contributed by atoms with Crippen molar-refractivity contribution in [2.45, 2.75) is 50.7 Å². The van der Waals surface area contributed by atoms with E-state index in [1.165, 1.54) is 12.1 Å². The maximum atomic E-state index is 12.4. The Morgan fingerprint density at radius 1 is 1.10 bits per heavy atom. The molecule has 164 valence electrons. The van der Waals surface area contributed by atoms with Gasteiger partial charge in [0.25, 0.3) is 0 Å². The third-order valence-corrected chi connectivity index (χ3v) is 5.42. The lowest BCUT2D eigenvalue weighted by molar-refractivity contribution is -0.274. The maximum Gasteiger partial charge on any atom is 0.573 e. The van der Waals surface area contributed by atoms with E-state index >= 15 is 0 Å². The molecule has 4 rings (SSSR count). The summed E-state index contributed by atoms with van der Waals surface area (Å²) in [7, 11) is 0. The Balaban J connectivity index is 1.43. The number of aliphatic hydroxyl groups is 1. The van der Waals surface area contributed by atoms with Crippen molar-refractivity contribution in [1.29, 1.82) is 0 Å². The van der Waals surface area contributed by atoms with Gasteiger partial charge in [-0.15, -0.1) is 13.2 Å². The molecule has 6 nitrogen and oxygen atoms in total. The van der Waals surface area contributed by atoms with Crippen LogP contribution in [0.2, 0.25) is 0 Å². The van der Waals surface area contributed by atoms with Crippen LogP contribution in [0.1, 0.15) is 25.7 Å². The molecule has 2 N–H and O–H groups in total. The van der Waals surface area contributed by atoms with E-state index in [2.05, 4.69) is 15.0 Å². The number of carbonyl (C=O) groups is 1. The van der Waals surface area contributed by atoms with Gasteiger partial charge in [-0.2, -0.15) is 0 Å². The zero-order valence-electron chi connectivity index (χ0n) is 16.6. The summed E-state index contributed by atoms with van der Waals surface area (Å²) >= 11 is 0. The fourth-order valence-electron chi connectivity index (χ4n) is 3.87. The normalized spacial score (nSPS) is 19.4. The van der Waals surface area contributed by atoms with Gasteiger partial charge in [-0.1, -0.05) is 18.2 Å². The molecule has 0 aliphatic heterocycles. The Labute approximate surface area is 176 Å². The molecule has 1 aliphatic carbocycles. The van der Waals surface area contributed by atoms with Crippen molar-refractivity contribution in [3.8, 4) is 16.9 Å². The number of aromatic nitrogens is 2. The maximum absolute atomic E-state index is 12.4. The molecule has 31 heavy (non-hydrogen) atoms. The second-order valence-corrected chi connectivity index (χ2v) is 7.72. The molecule has 0 spiro atoms. The predicted octanol–water partition coefficient (Wildman–Crippen LogP) is 4.02. The number of nitrogens with one attached hydrogen (secondary N) is 1. The Morgan fingerprint density at radius 2 is 1.77 bits per heavy atom. The average molecular weight is 433 g/mol. The molecular weight excluding hydrogens is 411 g/mol. The van der Waals surface area contributed by atoms with Crippen LogP contribution in [0.4, 0.5) is 13.2 Å². The van der Waals surface area contributed by atoms with Crippen LogP contribution < -0.4 is 10.1 Å². The van der Waals surface area contributed by atoms with Crippen molar-refractivity contribution in [3.63, 3.8) is 0 Å². The van der Waals surface area contributed by atoms with Crippen LogP contribution in [0.25, 0.3) is 22.2 Å². The summed E-state index contributed by atoms with van der Waals surface area (Å²) in [5, 5.41) is 12.6. The fourth-order valence-corrected chi connectivity index (χ4v) is 3.87. The average Bonchev–Trinajstić information content (AvgIpc) is 3.11. The zero-order valence-corrected chi connectivity index (χ0v) is 16.6. The number of imidazole rings is 1. The molecule has 0 saturated heterocycles. The first-order valence-corrected chi connectivity index (χ1v) is 10.1. The van der Waals surface area contributed by atoms with Gasteiger partial charge in [-0.25, -0.2) is 4.98 Å². The minimum absolute atomic E-state index is 0.0848. The second-order valence-electron chi connectivity index (χ2n) is 7.72. The molecule has 0 bridgehead atoms. The van der Waals surface area contributed by atoms with Gasteiger partial charge < -0.3 is 19.7 Å². The minimum atomic E-state index is -4.72. The van der Waals surface area contributed by atoms with Crippen LogP contribution in [0.5, 0.6) is 5.75 Å². The molecule has 1 amide bonds. The highest BCUT2D eigenvalue weighted by Gasteiger charge is 2.31. The number of alkyl halides is 3. The Bertz CT molecular complexity index is 1060. The zero-order chi connectivity index (χ0) is 22.0. The molecule has 0 unspecified atom stereocenters. The smallest absolute Gasteiger partial charge is 0.406 e. The Kier molecular flexibility index (Phi) is 5.86. The van der Waals surface area contributed by atoms with Crippen molar-refractivity contribution in [3.05, 3.63) is 48.8 Å². The molecule has 1 saturated carbocycles. The number of hydrogen-bond donors (Lipinski definition) is 2. The Morgan fingerprint density at radius 3 is 2.45 bits per heavy atom. The molecule has 1 aliphatic rings. The lowest BCUT2D eigenvalue weighted by Gasteiger charge is -2.26. The highest BCUT2D eigenvalue weighted by molar-refractivity contribution is 5.84. The Hall–Kier alpha value is -3.07. The van der Waals surface area contributed by atoms with E-state index in [1.54, 1.807) is 23.0 Å². The third-order valence-electron chi connectivity index (χ3n) is 5.42. The first kappa shape index (κ1) is 21.2. The number of nitrogens with zero attached hydrogens (tertiary/aromatic N) is 2. The second kappa shape index (κ2) is 8.58. The quantitative estimate of drug-likeness (QED) is 0.637. The first-order chi connectivity index (χ1) is 14.8. The van der Waals surface area contributed by atoms with E-state index in [9.17, 15) is 23.1 Å². The number of ether oxygens (including phenoxy) is 1.